The Labute approximate surface area is 146 Å². The highest BCUT2D eigenvalue weighted by atomic mass is 19.2. The van der Waals surface area contributed by atoms with Gasteiger partial charge >= 0.3 is 0 Å². The summed E-state index contributed by atoms with van der Waals surface area (Å²) < 4.78 is 90.7. The van der Waals surface area contributed by atoms with Gasteiger partial charge in [-0.05, 0) is 23.1 Å². The predicted molar refractivity (Wildman–Crippen MR) is 81.8 cm³/mol. The summed E-state index contributed by atoms with van der Waals surface area (Å²) in [7, 11) is 0. The van der Waals surface area contributed by atoms with E-state index in [1.54, 1.807) is 0 Å². The number of hydrogen-bond acceptors (Lipinski definition) is 2. The summed E-state index contributed by atoms with van der Waals surface area (Å²) in [5.74, 6) is -14.3. The van der Waals surface area contributed by atoms with Gasteiger partial charge in [0.2, 0.25) is 34.8 Å². The van der Waals surface area contributed by atoms with E-state index in [1.165, 1.54) is 6.07 Å². The average molecular weight is 378 g/mol. The van der Waals surface area contributed by atoms with Gasteiger partial charge in [-0.15, -0.1) is 0 Å². The molecule has 0 N–H and O–H groups in total. The Bertz CT molecular complexity index is 785. The van der Waals surface area contributed by atoms with Crippen LogP contribution in [0.3, 0.4) is 0 Å². The zero-order chi connectivity index (χ0) is 19.6. The molecule has 142 valence electrons. The van der Waals surface area contributed by atoms with E-state index in [-0.39, 0.29) is 12.0 Å². The van der Waals surface area contributed by atoms with Gasteiger partial charge < -0.3 is 9.47 Å². The van der Waals surface area contributed by atoms with Crippen LogP contribution in [0, 0.1) is 40.3 Å². The molecule has 0 atom stereocenters. The molecule has 0 aliphatic heterocycles. The highest BCUT2D eigenvalue weighted by Crippen LogP contribution is 2.34. The van der Waals surface area contributed by atoms with Crippen molar-refractivity contribution in [2.45, 2.75) is 27.4 Å². The molecule has 0 aromatic heterocycles. The normalized spacial score (nSPS) is 11.7. The molecule has 0 heterocycles. The number of hydrogen-bond donors (Lipinski definition) is 0. The molecule has 0 aliphatic rings. The zero-order valence-electron chi connectivity index (χ0n) is 14.2. The van der Waals surface area contributed by atoms with Gasteiger partial charge in [-0.3, -0.25) is 0 Å². The maximum atomic E-state index is 13.8. The molecule has 0 spiro atoms. The summed E-state index contributed by atoms with van der Waals surface area (Å²) in [4.78, 5) is 0. The van der Waals surface area contributed by atoms with Gasteiger partial charge in [0.15, 0.2) is 11.6 Å². The van der Waals surface area contributed by atoms with Crippen molar-refractivity contribution in [3.8, 4) is 11.5 Å². The van der Waals surface area contributed by atoms with E-state index in [1.807, 2.05) is 20.8 Å². The van der Waals surface area contributed by atoms with Gasteiger partial charge in [0, 0.05) is 0 Å². The van der Waals surface area contributed by atoms with Gasteiger partial charge in [-0.1, -0.05) is 26.8 Å². The molecule has 0 saturated carbocycles. The van der Waals surface area contributed by atoms with Crippen molar-refractivity contribution < 1.29 is 35.8 Å². The maximum absolute atomic E-state index is 13.8. The highest BCUT2D eigenvalue weighted by Gasteiger charge is 2.28. The Morgan fingerprint density at radius 2 is 1.35 bits per heavy atom. The molecule has 0 unspecified atom stereocenters. The van der Waals surface area contributed by atoms with Gasteiger partial charge in [0.25, 0.3) is 0 Å². The van der Waals surface area contributed by atoms with Gasteiger partial charge in [-0.25, -0.2) is 17.6 Å². The van der Waals surface area contributed by atoms with Crippen molar-refractivity contribution in [3.05, 3.63) is 58.7 Å². The molecule has 2 rings (SSSR count). The van der Waals surface area contributed by atoms with Crippen molar-refractivity contribution in [1.82, 2.24) is 0 Å². The Hall–Kier alpha value is -2.22. The Kier molecular flexibility index (Phi) is 5.85. The molecule has 0 amide bonds. The van der Waals surface area contributed by atoms with Crippen LogP contribution >= 0.6 is 0 Å². The first kappa shape index (κ1) is 20.1. The summed E-state index contributed by atoms with van der Waals surface area (Å²) in [5, 5.41) is 0. The second-order valence-electron chi connectivity index (χ2n) is 6.82. The van der Waals surface area contributed by atoms with Crippen molar-refractivity contribution in [2.24, 2.45) is 5.41 Å². The highest BCUT2D eigenvalue weighted by molar-refractivity contribution is 5.37. The second-order valence-corrected chi connectivity index (χ2v) is 6.82. The predicted octanol–water partition coefficient (Wildman–Crippen LogP) is 5.88. The van der Waals surface area contributed by atoms with Crippen LogP contribution in [0.25, 0.3) is 0 Å². The maximum Gasteiger partial charge on any atom is 0.207 e. The molecular weight excluding hydrogens is 362 g/mol. The average Bonchev–Trinajstić information content (AvgIpc) is 2.56. The van der Waals surface area contributed by atoms with E-state index in [0.29, 0.717) is 12.2 Å². The molecule has 0 bridgehead atoms. The topological polar surface area (TPSA) is 18.5 Å². The largest absolute Gasteiger partial charge is 0.448 e. The first-order chi connectivity index (χ1) is 12.0. The van der Waals surface area contributed by atoms with Crippen LogP contribution in [-0.2, 0) is 11.3 Å². The SMILES string of the molecule is CC(C)(C)COCc1ccc(F)c(Oc2c(F)c(F)c(F)c(F)c2F)c1. The first-order valence-electron chi connectivity index (χ1n) is 7.56. The zero-order valence-corrected chi connectivity index (χ0v) is 14.2. The molecule has 8 heteroatoms. The fraction of sp³-hybridized carbons (Fsp3) is 0.333. The number of benzene rings is 2. The lowest BCUT2D eigenvalue weighted by atomic mass is 9.99. The molecule has 0 saturated heterocycles. The van der Waals surface area contributed by atoms with E-state index in [4.69, 9.17) is 4.74 Å². The minimum Gasteiger partial charge on any atom is -0.448 e. The smallest absolute Gasteiger partial charge is 0.207 e. The molecule has 0 fully saturated rings. The lowest BCUT2D eigenvalue weighted by molar-refractivity contribution is 0.0598. The van der Waals surface area contributed by atoms with Gasteiger partial charge in [0.1, 0.15) is 0 Å². The number of rotatable bonds is 5. The van der Waals surface area contributed by atoms with Gasteiger partial charge in [-0.2, -0.15) is 8.78 Å². The second kappa shape index (κ2) is 7.57. The Morgan fingerprint density at radius 3 is 1.88 bits per heavy atom. The standard InChI is InChI=1S/C18H16F6O2/c1-18(2,3)8-25-7-9-4-5-10(19)11(6-9)26-17-15(23)13(21)12(20)14(22)16(17)24/h4-6H,7-8H2,1-3H3. The van der Waals surface area contributed by atoms with Crippen LogP contribution in [0.1, 0.15) is 26.3 Å². The number of halogens is 6. The summed E-state index contributed by atoms with van der Waals surface area (Å²) >= 11 is 0. The minimum atomic E-state index is -2.32. The summed E-state index contributed by atoms with van der Waals surface area (Å²) in [6.45, 7) is 6.25. The van der Waals surface area contributed by atoms with E-state index < -0.39 is 46.4 Å². The fourth-order valence-electron chi connectivity index (χ4n) is 1.98. The van der Waals surface area contributed by atoms with Crippen LogP contribution in [0.4, 0.5) is 26.3 Å². The van der Waals surface area contributed by atoms with Crippen molar-refractivity contribution >= 4 is 0 Å². The minimum absolute atomic E-state index is 0.0466. The van der Waals surface area contributed by atoms with Crippen LogP contribution in [0.15, 0.2) is 18.2 Å². The number of ether oxygens (including phenoxy) is 2. The van der Waals surface area contributed by atoms with Crippen LogP contribution < -0.4 is 4.74 Å². The van der Waals surface area contributed by atoms with Crippen molar-refractivity contribution in [2.75, 3.05) is 6.61 Å². The molecule has 2 nitrogen and oxygen atoms in total. The monoisotopic (exact) mass is 378 g/mol. The van der Waals surface area contributed by atoms with Crippen LogP contribution in [-0.4, -0.2) is 6.61 Å². The molecule has 26 heavy (non-hydrogen) atoms. The quantitative estimate of drug-likeness (QED) is 0.368. The summed E-state index contributed by atoms with van der Waals surface area (Å²) in [6.07, 6.45) is 0. The summed E-state index contributed by atoms with van der Waals surface area (Å²) in [6, 6.07) is 3.36. The molecule has 2 aromatic carbocycles. The molecule has 0 radical (unpaired) electrons. The third-order valence-electron chi connectivity index (χ3n) is 3.18. The Balaban J connectivity index is 2.29. The van der Waals surface area contributed by atoms with Crippen LogP contribution in [0.2, 0.25) is 0 Å². The third-order valence-corrected chi connectivity index (χ3v) is 3.18. The molecular formula is C18H16F6O2. The lowest BCUT2D eigenvalue weighted by Crippen LogP contribution is -2.14. The van der Waals surface area contributed by atoms with Crippen molar-refractivity contribution in [3.63, 3.8) is 0 Å². The van der Waals surface area contributed by atoms with E-state index in [9.17, 15) is 26.3 Å². The van der Waals surface area contributed by atoms with Gasteiger partial charge in [0.05, 0.1) is 13.2 Å². The first-order valence-corrected chi connectivity index (χ1v) is 7.56. The van der Waals surface area contributed by atoms with Crippen LogP contribution in [0.5, 0.6) is 11.5 Å². The Morgan fingerprint density at radius 1 is 0.808 bits per heavy atom. The van der Waals surface area contributed by atoms with E-state index >= 15 is 0 Å². The van der Waals surface area contributed by atoms with Crippen molar-refractivity contribution in [1.29, 1.82) is 0 Å². The summed E-state index contributed by atoms with van der Waals surface area (Å²) in [5.41, 5.74) is 0.281. The van der Waals surface area contributed by atoms with E-state index in [2.05, 4.69) is 4.74 Å². The van der Waals surface area contributed by atoms with E-state index in [0.717, 1.165) is 12.1 Å². The molecule has 0 aliphatic carbocycles. The fourth-order valence-corrected chi connectivity index (χ4v) is 1.98. The third kappa shape index (κ3) is 4.49. The lowest BCUT2D eigenvalue weighted by Gasteiger charge is -2.18. The molecule has 2 aromatic rings.